The van der Waals surface area contributed by atoms with Crippen molar-refractivity contribution in [2.45, 2.75) is 13.8 Å². The molecule has 3 nitrogen and oxygen atoms in total. The standard InChI is InChI=1S/C9H16ClNO2/c1-4-13-9(12)7-11(3)6-8(2)5-10/h5H,4,6-7H2,1-3H3. The van der Waals surface area contributed by atoms with E-state index in [1.807, 2.05) is 18.9 Å². The number of hydrogen-bond acceptors (Lipinski definition) is 3. The topological polar surface area (TPSA) is 29.5 Å². The van der Waals surface area contributed by atoms with Gasteiger partial charge in [0.15, 0.2) is 0 Å². The lowest BCUT2D eigenvalue weighted by molar-refractivity contribution is -0.143. The van der Waals surface area contributed by atoms with Crippen LogP contribution in [-0.4, -0.2) is 37.6 Å². The summed E-state index contributed by atoms with van der Waals surface area (Å²) in [5, 5.41) is 0. The third-order valence-electron chi connectivity index (χ3n) is 1.41. The van der Waals surface area contributed by atoms with Crippen molar-refractivity contribution in [3.63, 3.8) is 0 Å². The fourth-order valence-corrected chi connectivity index (χ4v) is 1.01. The Balaban J connectivity index is 3.73. The van der Waals surface area contributed by atoms with E-state index in [9.17, 15) is 4.79 Å². The van der Waals surface area contributed by atoms with Gasteiger partial charge in [0.2, 0.25) is 0 Å². The Morgan fingerprint density at radius 2 is 2.15 bits per heavy atom. The predicted molar refractivity (Wildman–Crippen MR) is 53.7 cm³/mol. The van der Waals surface area contributed by atoms with Crippen LogP contribution >= 0.6 is 11.6 Å². The molecule has 0 atom stereocenters. The van der Waals surface area contributed by atoms with Crippen molar-refractivity contribution in [3.05, 3.63) is 11.1 Å². The normalized spacial score (nSPS) is 11.9. The summed E-state index contributed by atoms with van der Waals surface area (Å²) in [4.78, 5) is 12.9. The average Bonchev–Trinajstić information content (AvgIpc) is 2.04. The second-order valence-corrected chi connectivity index (χ2v) is 3.15. The van der Waals surface area contributed by atoms with E-state index in [0.717, 1.165) is 5.57 Å². The SMILES string of the molecule is CCOC(=O)CN(C)CC(C)=CCl. The van der Waals surface area contributed by atoms with Gasteiger partial charge in [0, 0.05) is 12.1 Å². The number of carbonyl (C=O) groups excluding carboxylic acids is 1. The molecule has 0 aliphatic carbocycles. The first-order valence-corrected chi connectivity index (χ1v) is 4.63. The number of carbonyl (C=O) groups is 1. The van der Waals surface area contributed by atoms with Gasteiger partial charge in [-0.05, 0) is 26.5 Å². The minimum absolute atomic E-state index is 0.202. The fraction of sp³-hybridized carbons (Fsp3) is 0.667. The van der Waals surface area contributed by atoms with E-state index in [0.29, 0.717) is 19.7 Å². The summed E-state index contributed by atoms with van der Waals surface area (Å²) in [6.45, 7) is 5.12. The van der Waals surface area contributed by atoms with E-state index in [4.69, 9.17) is 16.3 Å². The highest BCUT2D eigenvalue weighted by Gasteiger charge is 2.06. The highest BCUT2D eigenvalue weighted by atomic mass is 35.5. The first-order chi connectivity index (χ1) is 6.10. The summed E-state index contributed by atoms with van der Waals surface area (Å²) in [6.07, 6.45) is 0. The van der Waals surface area contributed by atoms with E-state index in [1.165, 1.54) is 5.54 Å². The zero-order valence-corrected chi connectivity index (χ0v) is 9.10. The highest BCUT2D eigenvalue weighted by molar-refractivity contribution is 6.25. The highest BCUT2D eigenvalue weighted by Crippen LogP contribution is 1.98. The minimum Gasteiger partial charge on any atom is -0.465 e. The Kier molecular flexibility index (Phi) is 6.63. The Morgan fingerprint density at radius 1 is 1.54 bits per heavy atom. The molecule has 0 bridgehead atoms. The van der Waals surface area contributed by atoms with Crippen LogP contribution in [0, 0.1) is 0 Å². The van der Waals surface area contributed by atoms with Crippen LogP contribution in [0.5, 0.6) is 0 Å². The van der Waals surface area contributed by atoms with Crippen molar-refractivity contribution < 1.29 is 9.53 Å². The second-order valence-electron chi connectivity index (χ2n) is 2.93. The van der Waals surface area contributed by atoms with Gasteiger partial charge in [0.25, 0.3) is 0 Å². The number of halogens is 1. The largest absolute Gasteiger partial charge is 0.465 e. The summed E-state index contributed by atoms with van der Waals surface area (Å²) in [6, 6.07) is 0. The van der Waals surface area contributed by atoms with Gasteiger partial charge < -0.3 is 4.74 Å². The van der Waals surface area contributed by atoms with Crippen molar-refractivity contribution >= 4 is 17.6 Å². The molecule has 4 heteroatoms. The molecule has 13 heavy (non-hydrogen) atoms. The molecule has 76 valence electrons. The quantitative estimate of drug-likeness (QED) is 0.639. The van der Waals surface area contributed by atoms with Crippen molar-refractivity contribution in [2.24, 2.45) is 0 Å². The lowest BCUT2D eigenvalue weighted by Crippen LogP contribution is -2.28. The third-order valence-corrected chi connectivity index (χ3v) is 1.78. The van der Waals surface area contributed by atoms with Crippen molar-refractivity contribution in [1.29, 1.82) is 0 Å². The Hall–Kier alpha value is -0.540. The van der Waals surface area contributed by atoms with E-state index in [-0.39, 0.29) is 5.97 Å². The van der Waals surface area contributed by atoms with Crippen LogP contribution in [0.3, 0.4) is 0 Å². The van der Waals surface area contributed by atoms with Crippen molar-refractivity contribution in [3.8, 4) is 0 Å². The van der Waals surface area contributed by atoms with E-state index in [2.05, 4.69) is 0 Å². The van der Waals surface area contributed by atoms with Gasteiger partial charge in [-0.25, -0.2) is 0 Å². The Morgan fingerprint density at radius 3 is 2.62 bits per heavy atom. The minimum atomic E-state index is -0.202. The van der Waals surface area contributed by atoms with Gasteiger partial charge in [-0.3, -0.25) is 9.69 Å². The molecule has 0 aromatic carbocycles. The molecule has 0 aliphatic heterocycles. The molecular formula is C9H16ClNO2. The number of rotatable bonds is 5. The van der Waals surface area contributed by atoms with Gasteiger partial charge in [0.1, 0.15) is 0 Å². The Bertz CT molecular complexity index is 192. The molecule has 0 heterocycles. The summed E-state index contributed by atoms with van der Waals surface area (Å²) in [7, 11) is 1.85. The van der Waals surface area contributed by atoms with E-state index >= 15 is 0 Å². The predicted octanol–water partition coefficient (Wildman–Crippen LogP) is 1.62. The number of nitrogens with zero attached hydrogens (tertiary/aromatic N) is 1. The third kappa shape index (κ3) is 6.61. The number of ether oxygens (including phenoxy) is 1. The van der Waals surface area contributed by atoms with Crippen LogP contribution in [0.4, 0.5) is 0 Å². The van der Waals surface area contributed by atoms with Crippen LogP contribution < -0.4 is 0 Å². The molecule has 0 rings (SSSR count). The van der Waals surface area contributed by atoms with Crippen LogP contribution in [0.15, 0.2) is 11.1 Å². The molecule has 0 aromatic heterocycles. The van der Waals surface area contributed by atoms with Crippen LogP contribution in [0.1, 0.15) is 13.8 Å². The summed E-state index contributed by atoms with van der Waals surface area (Å²) < 4.78 is 4.79. The lowest BCUT2D eigenvalue weighted by atomic mass is 10.3. The molecule has 0 saturated carbocycles. The summed E-state index contributed by atoms with van der Waals surface area (Å²) >= 11 is 5.49. The van der Waals surface area contributed by atoms with Crippen LogP contribution in [0.2, 0.25) is 0 Å². The van der Waals surface area contributed by atoms with E-state index < -0.39 is 0 Å². The van der Waals surface area contributed by atoms with Crippen molar-refractivity contribution in [2.75, 3.05) is 26.7 Å². The summed E-state index contributed by atoms with van der Waals surface area (Å²) in [5.41, 5.74) is 2.54. The van der Waals surface area contributed by atoms with Crippen LogP contribution in [-0.2, 0) is 9.53 Å². The first kappa shape index (κ1) is 12.5. The number of esters is 1. The summed E-state index contributed by atoms with van der Waals surface area (Å²) in [5.74, 6) is -0.202. The Labute approximate surface area is 84.3 Å². The molecule has 0 N–H and O–H groups in total. The fourth-order valence-electron chi connectivity index (χ4n) is 0.943. The molecule has 0 aliphatic rings. The molecule has 0 fully saturated rings. The monoisotopic (exact) mass is 205 g/mol. The van der Waals surface area contributed by atoms with Gasteiger partial charge >= 0.3 is 5.97 Å². The molecule has 0 saturated heterocycles. The molecule has 0 spiro atoms. The van der Waals surface area contributed by atoms with Crippen LogP contribution in [0.25, 0.3) is 0 Å². The molecular weight excluding hydrogens is 190 g/mol. The lowest BCUT2D eigenvalue weighted by Gasteiger charge is -2.15. The molecule has 0 unspecified atom stereocenters. The zero-order chi connectivity index (χ0) is 10.3. The van der Waals surface area contributed by atoms with Gasteiger partial charge in [-0.15, -0.1) is 0 Å². The maximum Gasteiger partial charge on any atom is 0.320 e. The number of likely N-dealkylation sites (N-methyl/N-ethyl adjacent to an activating group) is 1. The van der Waals surface area contributed by atoms with Gasteiger partial charge in [-0.1, -0.05) is 11.6 Å². The molecule has 0 amide bonds. The maximum atomic E-state index is 11.0. The molecule has 0 radical (unpaired) electrons. The van der Waals surface area contributed by atoms with Gasteiger partial charge in [0.05, 0.1) is 13.2 Å². The smallest absolute Gasteiger partial charge is 0.320 e. The van der Waals surface area contributed by atoms with E-state index in [1.54, 1.807) is 6.92 Å². The zero-order valence-electron chi connectivity index (χ0n) is 8.34. The molecule has 0 aromatic rings. The second kappa shape index (κ2) is 6.92. The number of hydrogen-bond donors (Lipinski definition) is 0. The van der Waals surface area contributed by atoms with Gasteiger partial charge in [-0.2, -0.15) is 0 Å². The average molecular weight is 206 g/mol. The maximum absolute atomic E-state index is 11.0. The first-order valence-electron chi connectivity index (χ1n) is 4.20. The van der Waals surface area contributed by atoms with Crippen molar-refractivity contribution in [1.82, 2.24) is 4.90 Å².